The fourth-order valence-electron chi connectivity index (χ4n) is 0.655. The maximum Gasteiger partial charge on any atom is 0.146 e. The van der Waals surface area contributed by atoms with Crippen LogP contribution in [-0.2, 0) is 4.79 Å². The summed E-state index contributed by atoms with van der Waals surface area (Å²) in [6.07, 6.45) is 0.973. The van der Waals surface area contributed by atoms with E-state index in [0.29, 0.717) is 5.92 Å². The molecule has 0 saturated carbocycles. The van der Waals surface area contributed by atoms with E-state index in [1.165, 1.54) is 6.92 Å². The van der Waals surface area contributed by atoms with Crippen LogP contribution in [0.2, 0.25) is 0 Å². The van der Waals surface area contributed by atoms with Gasteiger partial charge in [0.05, 0.1) is 6.04 Å². The number of rotatable bonds is 3. The van der Waals surface area contributed by atoms with Gasteiger partial charge in [0.1, 0.15) is 5.78 Å². The van der Waals surface area contributed by atoms with Crippen molar-refractivity contribution in [3.05, 3.63) is 0 Å². The Labute approximate surface area is 82.8 Å². The normalized spacial score (nSPS) is 13.8. The number of carbonyl (C=O) groups is 1. The second-order valence-corrected chi connectivity index (χ2v) is 2.52. The molecule has 0 aromatic heterocycles. The predicted octanol–water partition coefficient (Wildman–Crippen LogP) is 1.17. The van der Waals surface area contributed by atoms with Gasteiger partial charge in [-0.05, 0) is 12.8 Å². The lowest BCUT2D eigenvalue weighted by Crippen LogP contribution is -2.34. The molecule has 2 unspecified atom stereocenters. The Kier molecular flexibility index (Phi) is 13.3. The van der Waals surface area contributed by atoms with E-state index >= 15 is 0 Å². The fourth-order valence-corrected chi connectivity index (χ4v) is 0.655. The van der Waals surface area contributed by atoms with Crippen molar-refractivity contribution in [2.75, 3.05) is 0 Å². The minimum absolute atomic E-state index is 0. The number of ketones is 1. The zero-order valence-corrected chi connectivity index (χ0v) is 9.35. The molecule has 0 heterocycles. The Morgan fingerprint density at radius 2 is 1.82 bits per heavy atom. The zero-order valence-electron chi connectivity index (χ0n) is 7.35. The second-order valence-electron chi connectivity index (χ2n) is 2.52. The first-order chi connectivity index (χ1) is 4.09. The minimum atomic E-state index is -0.255. The molecule has 0 aromatic carbocycles. The Bertz CT molecular complexity index is 109. The van der Waals surface area contributed by atoms with Gasteiger partial charge in [0.2, 0.25) is 0 Å². The largest absolute Gasteiger partial charge is 0.321 e. The van der Waals surface area contributed by atoms with Gasteiger partial charge in [-0.1, -0.05) is 20.3 Å². The molecule has 2 atom stereocenters. The molecule has 0 aliphatic carbocycles. The topological polar surface area (TPSA) is 43.1 Å². The van der Waals surface area contributed by atoms with Crippen LogP contribution in [0.1, 0.15) is 27.2 Å². The molecule has 0 aromatic rings. The number of carbonyl (C=O) groups excluding carboxylic acids is 1. The molecule has 0 saturated heterocycles. The molecule has 2 nitrogen and oxygen atoms in total. The molecule has 70 valence electrons. The molecule has 4 heteroatoms. The molecule has 0 bridgehead atoms. The molecule has 0 fully saturated rings. The van der Waals surface area contributed by atoms with Crippen LogP contribution in [0.15, 0.2) is 0 Å². The maximum atomic E-state index is 10.6. The van der Waals surface area contributed by atoms with Gasteiger partial charge >= 0.3 is 0 Å². The highest BCUT2D eigenvalue weighted by molar-refractivity contribution is 7.59. The van der Waals surface area contributed by atoms with E-state index in [2.05, 4.69) is 0 Å². The Hall–Kier alpha value is 0.330. The van der Waals surface area contributed by atoms with E-state index in [1.807, 2.05) is 13.8 Å². The number of hydrogen-bond acceptors (Lipinski definition) is 2. The molecule has 11 heavy (non-hydrogen) atoms. The number of Topliss-reactive ketones (excluding diaryl/α,β-unsaturated/α-hetero) is 1. The molecular formula is C7H19NOS2. The monoisotopic (exact) mass is 197 g/mol. The van der Waals surface area contributed by atoms with Crippen molar-refractivity contribution in [2.24, 2.45) is 11.7 Å². The highest BCUT2D eigenvalue weighted by Gasteiger charge is 2.14. The van der Waals surface area contributed by atoms with Gasteiger partial charge in [0.25, 0.3) is 0 Å². The van der Waals surface area contributed by atoms with Crippen LogP contribution in [0.4, 0.5) is 0 Å². The Balaban J connectivity index is -0.000000320. The van der Waals surface area contributed by atoms with Crippen LogP contribution < -0.4 is 5.73 Å². The van der Waals surface area contributed by atoms with E-state index < -0.39 is 0 Å². The van der Waals surface area contributed by atoms with Gasteiger partial charge in [-0.3, -0.25) is 4.79 Å². The van der Waals surface area contributed by atoms with E-state index in [4.69, 9.17) is 5.73 Å². The molecular weight excluding hydrogens is 178 g/mol. The molecule has 0 spiro atoms. The van der Waals surface area contributed by atoms with Crippen molar-refractivity contribution >= 4 is 32.8 Å². The van der Waals surface area contributed by atoms with Crippen LogP contribution in [0.25, 0.3) is 0 Å². The molecule has 0 amide bonds. The highest BCUT2D eigenvalue weighted by atomic mass is 32.1. The third-order valence-electron chi connectivity index (χ3n) is 1.73. The first-order valence-corrected chi connectivity index (χ1v) is 3.35. The van der Waals surface area contributed by atoms with Crippen molar-refractivity contribution in [1.82, 2.24) is 0 Å². The summed E-state index contributed by atoms with van der Waals surface area (Å²) in [5, 5.41) is 0. The molecule has 0 rings (SSSR count). The first kappa shape index (κ1) is 17.4. The Morgan fingerprint density at radius 1 is 1.45 bits per heavy atom. The van der Waals surface area contributed by atoms with Gasteiger partial charge < -0.3 is 5.73 Å². The van der Waals surface area contributed by atoms with E-state index in [1.54, 1.807) is 0 Å². The van der Waals surface area contributed by atoms with E-state index in [-0.39, 0.29) is 38.8 Å². The quantitative estimate of drug-likeness (QED) is 0.738. The van der Waals surface area contributed by atoms with Crippen LogP contribution in [0, 0.1) is 5.92 Å². The lowest BCUT2D eigenvalue weighted by atomic mass is 9.97. The first-order valence-electron chi connectivity index (χ1n) is 3.35. The molecule has 2 N–H and O–H groups in total. The van der Waals surface area contributed by atoms with Crippen molar-refractivity contribution in [2.45, 2.75) is 33.2 Å². The second kappa shape index (κ2) is 8.43. The summed E-state index contributed by atoms with van der Waals surface area (Å²) in [6, 6.07) is -0.255. The van der Waals surface area contributed by atoms with Crippen molar-refractivity contribution in [1.29, 1.82) is 0 Å². The highest BCUT2D eigenvalue weighted by Crippen LogP contribution is 2.04. The van der Waals surface area contributed by atoms with Crippen LogP contribution in [-0.4, -0.2) is 11.8 Å². The van der Waals surface area contributed by atoms with Crippen molar-refractivity contribution in [3.8, 4) is 0 Å². The van der Waals surface area contributed by atoms with Crippen LogP contribution in [0.3, 0.4) is 0 Å². The summed E-state index contributed by atoms with van der Waals surface area (Å²) in [6.45, 7) is 5.57. The zero-order chi connectivity index (χ0) is 7.44. The van der Waals surface area contributed by atoms with Crippen LogP contribution >= 0.6 is 27.0 Å². The summed E-state index contributed by atoms with van der Waals surface area (Å²) in [5.74, 6) is 0.409. The summed E-state index contributed by atoms with van der Waals surface area (Å²) >= 11 is 0. The lowest BCUT2D eigenvalue weighted by Gasteiger charge is -2.13. The average Bonchev–Trinajstić information content (AvgIpc) is 1.84. The van der Waals surface area contributed by atoms with Crippen molar-refractivity contribution in [3.63, 3.8) is 0 Å². The third-order valence-corrected chi connectivity index (χ3v) is 1.73. The summed E-state index contributed by atoms with van der Waals surface area (Å²) < 4.78 is 0. The molecule has 0 aliphatic heterocycles. The van der Waals surface area contributed by atoms with Crippen molar-refractivity contribution < 1.29 is 4.79 Å². The van der Waals surface area contributed by atoms with E-state index in [9.17, 15) is 4.79 Å². The smallest absolute Gasteiger partial charge is 0.146 e. The maximum absolute atomic E-state index is 10.6. The van der Waals surface area contributed by atoms with Gasteiger partial charge in [0, 0.05) is 0 Å². The summed E-state index contributed by atoms with van der Waals surface area (Å²) in [7, 11) is 0. The van der Waals surface area contributed by atoms with Gasteiger partial charge in [-0.2, -0.15) is 27.0 Å². The predicted molar refractivity (Wildman–Crippen MR) is 58.9 cm³/mol. The van der Waals surface area contributed by atoms with Gasteiger partial charge in [-0.25, -0.2) is 0 Å². The number of nitrogens with two attached hydrogens (primary N) is 1. The van der Waals surface area contributed by atoms with E-state index in [0.717, 1.165) is 6.42 Å². The summed E-state index contributed by atoms with van der Waals surface area (Å²) in [5.41, 5.74) is 5.52. The fraction of sp³-hybridized carbons (Fsp3) is 0.857. The lowest BCUT2D eigenvalue weighted by molar-refractivity contribution is -0.119. The molecule has 0 aliphatic rings. The number of hydrogen-bond donors (Lipinski definition) is 1. The van der Waals surface area contributed by atoms with Gasteiger partial charge in [0.15, 0.2) is 0 Å². The SMILES string of the molecule is CCC(C)C(N)C(C)=O.S.S. The summed E-state index contributed by atoms with van der Waals surface area (Å²) in [4.78, 5) is 10.6. The molecule has 0 radical (unpaired) electrons. The average molecular weight is 197 g/mol. The third kappa shape index (κ3) is 6.72. The van der Waals surface area contributed by atoms with Gasteiger partial charge in [-0.15, -0.1) is 0 Å². The Morgan fingerprint density at radius 3 is 1.91 bits per heavy atom. The standard InChI is InChI=1S/C7H15NO.2H2S/c1-4-5(2)7(8)6(3)9;;/h5,7H,4,8H2,1-3H3;2*1H2. The minimum Gasteiger partial charge on any atom is -0.321 e. The van der Waals surface area contributed by atoms with Crippen LogP contribution in [0.5, 0.6) is 0 Å².